The minimum Gasteiger partial charge on any atom is -0.307 e. The number of pyridine rings is 1. The van der Waals surface area contributed by atoms with Gasteiger partial charge in [-0.1, -0.05) is 13.8 Å². The Morgan fingerprint density at radius 2 is 2.18 bits per heavy atom. The topological polar surface area (TPSA) is 88.3 Å². The van der Waals surface area contributed by atoms with Crippen LogP contribution in [0.15, 0.2) is 23.2 Å². The number of hydrogen-bond acceptors (Lipinski definition) is 5. The van der Waals surface area contributed by atoms with Crippen LogP contribution in [-0.4, -0.2) is 30.8 Å². The molecule has 0 spiro atoms. The fourth-order valence-electron chi connectivity index (χ4n) is 1.54. The van der Waals surface area contributed by atoms with Crippen LogP contribution in [0, 0.1) is 0 Å². The highest BCUT2D eigenvalue weighted by Crippen LogP contribution is 2.21. The van der Waals surface area contributed by atoms with Crippen molar-refractivity contribution < 1.29 is 8.42 Å². The van der Waals surface area contributed by atoms with Crippen LogP contribution in [0.3, 0.4) is 0 Å². The highest BCUT2D eigenvalue weighted by atomic mass is 32.2. The lowest BCUT2D eigenvalue weighted by atomic mass is 10.5. The van der Waals surface area contributed by atoms with Crippen LogP contribution in [0.2, 0.25) is 0 Å². The van der Waals surface area contributed by atoms with Crippen molar-refractivity contribution in [1.29, 1.82) is 0 Å². The molecule has 0 unspecified atom stereocenters. The average Bonchev–Trinajstić information content (AvgIpc) is 2.35. The normalized spacial score (nSPS) is 11.8. The summed E-state index contributed by atoms with van der Waals surface area (Å²) in [4.78, 5) is 4.01. The van der Waals surface area contributed by atoms with E-state index in [0.29, 0.717) is 13.1 Å². The van der Waals surface area contributed by atoms with E-state index in [1.165, 1.54) is 16.6 Å². The highest BCUT2D eigenvalue weighted by Gasteiger charge is 2.25. The molecule has 17 heavy (non-hydrogen) atoms. The first-order chi connectivity index (χ1) is 8.07. The molecule has 0 aliphatic rings. The van der Waals surface area contributed by atoms with E-state index >= 15 is 0 Å². The minimum absolute atomic E-state index is 0.109. The number of nitrogen functional groups attached to an aromatic ring is 1. The first-order valence-electron chi connectivity index (χ1n) is 5.49. The predicted octanol–water partition coefficient (Wildman–Crippen LogP) is 0.788. The van der Waals surface area contributed by atoms with E-state index in [4.69, 9.17) is 5.84 Å². The van der Waals surface area contributed by atoms with Crippen molar-refractivity contribution in [3.63, 3.8) is 0 Å². The number of nitrogens with one attached hydrogen (secondary N) is 1. The number of hydrogen-bond donors (Lipinski definition) is 2. The number of nitrogens with zero attached hydrogens (tertiary/aromatic N) is 2. The standard InChI is InChI=1S/C10H18N4O2S/c1-3-8-14(4-2)17(15,16)9-6-5-7-12-10(9)13-11/h5-7H,3-4,8,11H2,1-2H3,(H,12,13). The number of sulfonamides is 1. The molecule has 0 aromatic carbocycles. The molecule has 96 valence electrons. The molecule has 0 saturated heterocycles. The van der Waals surface area contributed by atoms with Crippen molar-refractivity contribution in [2.24, 2.45) is 5.84 Å². The lowest BCUT2D eigenvalue weighted by Gasteiger charge is -2.20. The van der Waals surface area contributed by atoms with Crippen LogP contribution in [-0.2, 0) is 10.0 Å². The molecule has 0 aliphatic heterocycles. The molecule has 0 bridgehead atoms. The van der Waals surface area contributed by atoms with Crippen molar-refractivity contribution in [1.82, 2.24) is 9.29 Å². The highest BCUT2D eigenvalue weighted by molar-refractivity contribution is 7.89. The predicted molar refractivity (Wildman–Crippen MR) is 66.8 cm³/mol. The van der Waals surface area contributed by atoms with Crippen molar-refractivity contribution in [3.05, 3.63) is 18.3 Å². The summed E-state index contributed by atoms with van der Waals surface area (Å²) in [5.74, 6) is 5.44. The lowest BCUT2D eigenvalue weighted by molar-refractivity contribution is 0.427. The molecule has 1 rings (SSSR count). The second kappa shape index (κ2) is 5.95. The van der Waals surface area contributed by atoms with Gasteiger partial charge >= 0.3 is 0 Å². The quantitative estimate of drug-likeness (QED) is 0.581. The van der Waals surface area contributed by atoms with Crippen LogP contribution in [0.1, 0.15) is 20.3 Å². The molecule has 1 heterocycles. The van der Waals surface area contributed by atoms with Gasteiger partial charge in [-0.05, 0) is 18.6 Å². The Kier molecular flexibility index (Phi) is 4.86. The molecule has 0 saturated carbocycles. The van der Waals surface area contributed by atoms with Gasteiger partial charge in [-0.3, -0.25) is 0 Å². The van der Waals surface area contributed by atoms with Gasteiger partial charge in [-0.2, -0.15) is 4.31 Å². The molecular formula is C10H18N4O2S. The summed E-state index contributed by atoms with van der Waals surface area (Å²) in [5.41, 5.74) is 2.31. The second-order valence-electron chi connectivity index (χ2n) is 3.49. The summed E-state index contributed by atoms with van der Waals surface area (Å²) in [6.07, 6.45) is 2.25. The third-order valence-electron chi connectivity index (χ3n) is 2.35. The SMILES string of the molecule is CCCN(CC)S(=O)(=O)c1cccnc1NN. The average molecular weight is 258 g/mol. The van der Waals surface area contributed by atoms with E-state index in [1.54, 1.807) is 13.0 Å². The lowest BCUT2D eigenvalue weighted by Crippen LogP contribution is -2.32. The first kappa shape index (κ1) is 13.9. The Morgan fingerprint density at radius 1 is 1.47 bits per heavy atom. The van der Waals surface area contributed by atoms with E-state index < -0.39 is 10.0 Å². The van der Waals surface area contributed by atoms with Gasteiger partial charge in [0.2, 0.25) is 10.0 Å². The summed E-state index contributed by atoms with van der Waals surface area (Å²) < 4.78 is 26.1. The van der Waals surface area contributed by atoms with Gasteiger partial charge in [0.1, 0.15) is 4.90 Å². The Hall–Kier alpha value is -1.18. The smallest absolute Gasteiger partial charge is 0.246 e. The summed E-state index contributed by atoms with van der Waals surface area (Å²) in [6, 6.07) is 3.07. The summed E-state index contributed by atoms with van der Waals surface area (Å²) in [6.45, 7) is 4.65. The van der Waals surface area contributed by atoms with Crippen LogP contribution >= 0.6 is 0 Å². The fraction of sp³-hybridized carbons (Fsp3) is 0.500. The van der Waals surface area contributed by atoms with Crippen LogP contribution in [0.5, 0.6) is 0 Å². The maximum absolute atomic E-state index is 12.3. The van der Waals surface area contributed by atoms with E-state index in [1.807, 2.05) is 6.92 Å². The molecule has 6 nitrogen and oxygen atoms in total. The van der Waals surface area contributed by atoms with E-state index in [9.17, 15) is 8.42 Å². The third kappa shape index (κ3) is 2.93. The molecule has 3 N–H and O–H groups in total. The monoisotopic (exact) mass is 258 g/mol. The number of anilines is 1. The number of nitrogens with two attached hydrogens (primary N) is 1. The van der Waals surface area contributed by atoms with Crippen molar-refractivity contribution >= 4 is 15.8 Å². The maximum atomic E-state index is 12.3. The molecule has 0 fully saturated rings. The molecule has 1 aromatic rings. The van der Waals surface area contributed by atoms with Gasteiger partial charge in [0.15, 0.2) is 5.82 Å². The first-order valence-corrected chi connectivity index (χ1v) is 6.93. The summed E-state index contributed by atoms with van der Waals surface area (Å²) in [7, 11) is -3.53. The van der Waals surface area contributed by atoms with E-state index in [0.717, 1.165) is 6.42 Å². The molecule has 7 heteroatoms. The molecular weight excluding hydrogens is 240 g/mol. The number of rotatable bonds is 6. The van der Waals surface area contributed by atoms with E-state index in [2.05, 4.69) is 10.4 Å². The van der Waals surface area contributed by atoms with Crippen LogP contribution in [0.25, 0.3) is 0 Å². The summed E-state index contributed by atoms with van der Waals surface area (Å²) >= 11 is 0. The largest absolute Gasteiger partial charge is 0.307 e. The van der Waals surface area contributed by atoms with Gasteiger partial charge in [0, 0.05) is 19.3 Å². The third-order valence-corrected chi connectivity index (χ3v) is 4.36. The Morgan fingerprint density at radius 3 is 2.71 bits per heavy atom. The van der Waals surface area contributed by atoms with E-state index in [-0.39, 0.29) is 10.7 Å². The zero-order chi connectivity index (χ0) is 12.9. The fourth-order valence-corrected chi connectivity index (χ4v) is 3.19. The van der Waals surface area contributed by atoms with Crippen molar-refractivity contribution in [2.75, 3.05) is 18.5 Å². The van der Waals surface area contributed by atoms with Crippen LogP contribution in [0.4, 0.5) is 5.82 Å². The van der Waals surface area contributed by atoms with Gasteiger partial charge in [-0.15, -0.1) is 0 Å². The van der Waals surface area contributed by atoms with Gasteiger partial charge < -0.3 is 5.43 Å². The van der Waals surface area contributed by atoms with Crippen molar-refractivity contribution in [2.45, 2.75) is 25.2 Å². The number of hydrazine groups is 1. The minimum atomic E-state index is -3.53. The Balaban J connectivity index is 3.20. The number of aromatic nitrogens is 1. The molecule has 0 radical (unpaired) electrons. The van der Waals surface area contributed by atoms with Gasteiger partial charge in [0.25, 0.3) is 0 Å². The van der Waals surface area contributed by atoms with Crippen LogP contribution < -0.4 is 11.3 Å². The van der Waals surface area contributed by atoms with Gasteiger partial charge in [0.05, 0.1) is 0 Å². The molecule has 0 aliphatic carbocycles. The maximum Gasteiger partial charge on any atom is 0.246 e. The molecule has 1 aromatic heterocycles. The molecule has 0 atom stereocenters. The second-order valence-corrected chi connectivity index (χ2v) is 5.40. The Bertz CT molecular complexity index is 461. The molecule has 0 amide bonds. The Labute approximate surface area is 102 Å². The van der Waals surface area contributed by atoms with Crippen molar-refractivity contribution in [3.8, 4) is 0 Å². The van der Waals surface area contributed by atoms with Gasteiger partial charge in [-0.25, -0.2) is 19.2 Å². The zero-order valence-corrected chi connectivity index (χ0v) is 10.9. The zero-order valence-electron chi connectivity index (χ0n) is 10.0. The summed E-state index contributed by atoms with van der Waals surface area (Å²) in [5, 5.41) is 0.